The first-order valence-electron chi connectivity index (χ1n) is 5.99. The third kappa shape index (κ3) is 6.05. The van der Waals surface area contributed by atoms with Crippen LogP contribution in [-0.4, -0.2) is 64.8 Å². The van der Waals surface area contributed by atoms with Gasteiger partial charge in [0, 0.05) is 18.7 Å². The minimum Gasteiger partial charge on any atom is -0.469 e. The Bertz CT molecular complexity index is 315. The van der Waals surface area contributed by atoms with Gasteiger partial charge in [0.15, 0.2) is 0 Å². The lowest BCUT2D eigenvalue weighted by atomic mass is 10.1. The Morgan fingerprint density at radius 2 is 2.32 bits per heavy atom. The normalized spacial score (nSPS) is 26.2. The molecule has 1 aliphatic rings. The van der Waals surface area contributed by atoms with E-state index in [4.69, 9.17) is 17.0 Å². The quantitative estimate of drug-likeness (QED) is 0.349. The van der Waals surface area contributed by atoms with E-state index < -0.39 is 18.3 Å². The first-order valence-corrected chi connectivity index (χ1v) is 7.39. The Morgan fingerprint density at radius 3 is 2.89 bits per heavy atom. The molecule has 1 rings (SSSR count). The van der Waals surface area contributed by atoms with E-state index >= 15 is 0 Å². The van der Waals surface area contributed by atoms with Gasteiger partial charge in [0.25, 0.3) is 0 Å². The second-order valence-corrected chi connectivity index (χ2v) is 5.90. The minimum atomic E-state index is -0.875. The highest BCUT2D eigenvalue weighted by Crippen LogP contribution is 2.14. The van der Waals surface area contributed by atoms with Crippen molar-refractivity contribution in [3.05, 3.63) is 0 Å². The number of hydrogen-bond acceptors (Lipinski definition) is 7. The third-order valence-electron chi connectivity index (χ3n) is 2.69. The Labute approximate surface area is 121 Å². The molecule has 0 radical (unpaired) electrons. The SMILES string of the molecule is COC(=O)CCCSC(=S)NC[C@@H]1OC[C@@H](O)[C@H]1O. The molecule has 0 aromatic heterocycles. The molecule has 19 heavy (non-hydrogen) atoms. The third-order valence-corrected chi connectivity index (χ3v) is 4.09. The average molecular weight is 309 g/mol. The van der Waals surface area contributed by atoms with Crippen molar-refractivity contribution in [1.82, 2.24) is 5.32 Å². The van der Waals surface area contributed by atoms with Crippen LogP contribution in [0.4, 0.5) is 0 Å². The maximum atomic E-state index is 10.9. The number of esters is 1. The molecule has 0 amide bonds. The molecule has 8 heteroatoms. The van der Waals surface area contributed by atoms with Crippen molar-refractivity contribution in [3.63, 3.8) is 0 Å². The van der Waals surface area contributed by atoms with E-state index in [9.17, 15) is 15.0 Å². The monoisotopic (exact) mass is 309 g/mol. The predicted octanol–water partition coefficient (Wildman–Crippen LogP) is -0.332. The maximum Gasteiger partial charge on any atom is 0.305 e. The van der Waals surface area contributed by atoms with E-state index in [1.165, 1.54) is 18.9 Å². The van der Waals surface area contributed by atoms with Crippen LogP contribution < -0.4 is 5.32 Å². The average Bonchev–Trinajstić information content (AvgIpc) is 2.72. The Morgan fingerprint density at radius 1 is 1.58 bits per heavy atom. The number of hydrogen-bond donors (Lipinski definition) is 3. The summed E-state index contributed by atoms with van der Waals surface area (Å²) in [6.07, 6.45) is -1.07. The van der Waals surface area contributed by atoms with Gasteiger partial charge in [0.2, 0.25) is 0 Å². The van der Waals surface area contributed by atoms with Crippen LogP contribution in [-0.2, 0) is 14.3 Å². The van der Waals surface area contributed by atoms with Crippen LogP contribution in [0.3, 0.4) is 0 Å². The Balaban J connectivity index is 2.07. The number of carbonyl (C=O) groups is 1. The van der Waals surface area contributed by atoms with Gasteiger partial charge >= 0.3 is 5.97 Å². The lowest BCUT2D eigenvalue weighted by Crippen LogP contribution is -2.38. The fraction of sp³-hybridized carbons (Fsp3) is 0.818. The zero-order valence-corrected chi connectivity index (χ0v) is 12.3. The first kappa shape index (κ1) is 16.6. The molecule has 0 aromatic rings. The van der Waals surface area contributed by atoms with Gasteiger partial charge in [-0.15, -0.1) is 0 Å². The van der Waals surface area contributed by atoms with Crippen LogP contribution in [0.1, 0.15) is 12.8 Å². The molecule has 3 N–H and O–H groups in total. The summed E-state index contributed by atoms with van der Waals surface area (Å²) >= 11 is 6.53. The van der Waals surface area contributed by atoms with E-state index in [0.29, 0.717) is 23.7 Å². The molecule has 1 aliphatic heterocycles. The van der Waals surface area contributed by atoms with Crippen molar-refractivity contribution in [2.24, 2.45) is 0 Å². The summed E-state index contributed by atoms with van der Waals surface area (Å²) in [6.45, 7) is 0.508. The molecule has 1 fully saturated rings. The maximum absolute atomic E-state index is 10.9. The molecule has 0 saturated carbocycles. The van der Waals surface area contributed by atoms with E-state index in [1.807, 2.05) is 0 Å². The van der Waals surface area contributed by atoms with Gasteiger partial charge in [-0.05, 0) is 6.42 Å². The second kappa shape index (κ2) is 8.70. The number of aliphatic hydroxyl groups is 2. The predicted molar refractivity (Wildman–Crippen MR) is 76.1 cm³/mol. The second-order valence-electron chi connectivity index (χ2n) is 4.13. The highest BCUT2D eigenvalue weighted by Gasteiger charge is 2.34. The van der Waals surface area contributed by atoms with Crippen molar-refractivity contribution in [2.75, 3.05) is 26.0 Å². The van der Waals surface area contributed by atoms with Crippen molar-refractivity contribution >= 4 is 34.3 Å². The molecule has 1 saturated heterocycles. The highest BCUT2D eigenvalue weighted by molar-refractivity contribution is 8.22. The van der Waals surface area contributed by atoms with Crippen molar-refractivity contribution in [1.29, 1.82) is 0 Å². The van der Waals surface area contributed by atoms with Gasteiger partial charge < -0.3 is 25.0 Å². The lowest BCUT2D eigenvalue weighted by Gasteiger charge is -2.16. The molecule has 1 heterocycles. The molecule has 0 aliphatic carbocycles. The minimum absolute atomic E-state index is 0.145. The Kier molecular flexibility index (Phi) is 7.62. The molecule has 0 unspecified atom stereocenters. The summed E-state index contributed by atoms with van der Waals surface area (Å²) in [5, 5.41) is 21.8. The topological polar surface area (TPSA) is 88.0 Å². The molecule has 0 bridgehead atoms. The standard InChI is InChI=1S/C11H19NO5S2/c1-16-9(14)3-2-4-19-11(18)12-5-8-10(15)7(13)6-17-8/h7-8,10,13,15H,2-6H2,1H3,(H,12,18)/t7-,8+,10-/m1/s1. The van der Waals surface area contributed by atoms with Crippen LogP contribution in [0.15, 0.2) is 0 Å². The Hall–Kier alpha value is -0.410. The van der Waals surface area contributed by atoms with Gasteiger partial charge in [0.05, 0.1) is 13.7 Å². The van der Waals surface area contributed by atoms with Crippen molar-refractivity contribution in [2.45, 2.75) is 31.2 Å². The van der Waals surface area contributed by atoms with Crippen LogP contribution in [0.25, 0.3) is 0 Å². The van der Waals surface area contributed by atoms with E-state index in [0.717, 1.165) is 5.75 Å². The number of rotatable bonds is 6. The van der Waals surface area contributed by atoms with Gasteiger partial charge in [-0.2, -0.15) is 0 Å². The van der Waals surface area contributed by atoms with E-state index in [1.54, 1.807) is 0 Å². The fourth-order valence-electron chi connectivity index (χ4n) is 1.57. The number of ether oxygens (including phenoxy) is 2. The largest absolute Gasteiger partial charge is 0.469 e. The molecule has 6 nitrogen and oxygen atoms in total. The molecule has 3 atom stereocenters. The molecular weight excluding hydrogens is 290 g/mol. The van der Waals surface area contributed by atoms with Crippen LogP contribution in [0.2, 0.25) is 0 Å². The summed E-state index contributed by atoms with van der Waals surface area (Å²) in [7, 11) is 1.36. The lowest BCUT2D eigenvalue weighted by molar-refractivity contribution is -0.140. The molecule has 110 valence electrons. The van der Waals surface area contributed by atoms with Crippen LogP contribution in [0.5, 0.6) is 0 Å². The van der Waals surface area contributed by atoms with Gasteiger partial charge in [-0.1, -0.05) is 24.0 Å². The van der Waals surface area contributed by atoms with E-state index in [2.05, 4.69) is 10.1 Å². The number of thiocarbonyl (C=S) groups is 1. The van der Waals surface area contributed by atoms with Crippen LogP contribution in [0, 0.1) is 0 Å². The smallest absolute Gasteiger partial charge is 0.305 e. The summed E-state index contributed by atoms with van der Waals surface area (Å²) in [5.41, 5.74) is 0. The summed E-state index contributed by atoms with van der Waals surface area (Å²) < 4.78 is 10.3. The van der Waals surface area contributed by atoms with E-state index in [-0.39, 0.29) is 12.6 Å². The molecule has 0 aromatic carbocycles. The number of aliphatic hydroxyl groups excluding tert-OH is 2. The summed E-state index contributed by atoms with van der Waals surface area (Å²) in [5.74, 6) is 0.494. The number of methoxy groups -OCH3 is 1. The number of thioether (sulfide) groups is 1. The van der Waals surface area contributed by atoms with Crippen molar-refractivity contribution < 1.29 is 24.5 Å². The number of nitrogens with one attached hydrogen (secondary N) is 1. The molecule has 0 spiro atoms. The fourth-order valence-corrected chi connectivity index (χ4v) is 2.56. The van der Waals surface area contributed by atoms with Crippen LogP contribution >= 0.6 is 24.0 Å². The molecular formula is C11H19NO5S2. The van der Waals surface area contributed by atoms with Gasteiger partial charge in [-0.25, -0.2) is 0 Å². The van der Waals surface area contributed by atoms with Gasteiger partial charge in [0.1, 0.15) is 22.6 Å². The highest BCUT2D eigenvalue weighted by atomic mass is 32.2. The summed E-state index contributed by atoms with van der Waals surface area (Å²) in [6, 6.07) is 0. The van der Waals surface area contributed by atoms with Gasteiger partial charge in [-0.3, -0.25) is 4.79 Å². The zero-order chi connectivity index (χ0) is 14.3. The summed E-state index contributed by atoms with van der Waals surface area (Å²) in [4.78, 5) is 10.9. The van der Waals surface area contributed by atoms with Crippen molar-refractivity contribution in [3.8, 4) is 0 Å². The first-order chi connectivity index (χ1) is 9.04. The number of carbonyl (C=O) groups excluding carboxylic acids is 1. The zero-order valence-electron chi connectivity index (χ0n) is 10.7.